The van der Waals surface area contributed by atoms with Gasteiger partial charge in [0.1, 0.15) is 12.4 Å². The lowest BCUT2D eigenvalue weighted by atomic mass is 9.86. The molecule has 11 heteroatoms. The van der Waals surface area contributed by atoms with Gasteiger partial charge in [-0.25, -0.2) is 18.0 Å². The Bertz CT molecular complexity index is 1100. The fourth-order valence-corrected chi connectivity index (χ4v) is 4.49. The van der Waals surface area contributed by atoms with Gasteiger partial charge in [0.15, 0.2) is 11.6 Å². The van der Waals surface area contributed by atoms with E-state index >= 15 is 0 Å². The van der Waals surface area contributed by atoms with Crippen LogP contribution in [0.5, 0.6) is 0 Å². The maximum absolute atomic E-state index is 13.7. The fraction of sp³-hybridized carbons (Fsp3) is 0.444. The largest absolute Gasteiger partial charge is 0.465 e. The molecule has 0 saturated carbocycles. The van der Waals surface area contributed by atoms with Gasteiger partial charge in [-0.3, -0.25) is 4.79 Å². The zero-order chi connectivity index (χ0) is 28.1. The SMILES string of the molecule is CN(C(=O)NCCCN1CCC(c2ccc(F)cc2C#N)CC1)C(COC=O)c1ccc(F)c(F)c1.CO. The number of ether oxygens (including phenoxy) is 1. The molecule has 0 aromatic heterocycles. The molecule has 2 aromatic carbocycles. The second-order valence-corrected chi connectivity index (χ2v) is 8.77. The van der Waals surface area contributed by atoms with Crippen molar-refractivity contribution in [3.05, 3.63) is 70.5 Å². The number of nitrogens with one attached hydrogen (secondary N) is 1. The number of likely N-dealkylation sites (tertiary alicyclic amines) is 1. The maximum atomic E-state index is 13.7. The highest BCUT2D eigenvalue weighted by Gasteiger charge is 2.25. The molecule has 1 heterocycles. The Hall–Kier alpha value is -3.62. The number of piperidine rings is 1. The highest BCUT2D eigenvalue weighted by Crippen LogP contribution is 2.30. The van der Waals surface area contributed by atoms with Gasteiger partial charge in [-0.1, -0.05) is 12.1 Å². The predicted octanol–water partition coefficient (Wildman–Crippen LogP) is 3.71. The Morgan fingerprint density at radius 3 is 2.55 bits per heavy atom. The summed E-state index contributed by atoms with van der Waals surface area (Å²) in [5, 5.41) is 19.1. The van der Waals surface area contributed by atoms with Gasteiger partial charge in [0.05, 0.1) is 17.7 Å². The van der Waals surface area contributed by atoms with Gasteiger partial charge in [-0.2, -0.15) is 5.26 Å². The number of hydrogen-bond donors (Lipinski definition) is 2. The zero-order valence-electron chi connectivity index (χ0n) is 21.5. The lowest BCUT2D eigenvalue weighted by Gasteiger charge is -2.32. The predicted molar refractivity (Wildman–Crippen MR) is 135 cm³/mol. The number of urea groups is 1. The minimum absolute atomic E-state index is 0.199. The van der Waals surface area contributed by atoms with Crippen LogP contribution in [0.4, 0.5) is 18.0 Å². The van der Waals surface area contributed by atoms with Gasteiger partial charge in [-0.15, -0.1) is 0 Å². The molecule has 0 aliphatic carbocycles. The number of aliphatic hydroxyl groups is 1. The molecule has 1 aliphatic heterocycles. The van der Waals surface area contributed by atoms with E-state index in [2.05, 4.69) is 16.3 Å². The smallest absolute Gasteiger partial charge is 0.317 e. The van der Waals surface area contributed by atoms with Crippen molar-refractivity contribution in [2.24, 2.45) is 0 Å². The van der Waals surface area contributed by atoms with Crippen LogP contribution in [0.2, 0.25) is 0 Å². The summed E-state index contributed by atoms with van der Waals surface area (Å²) in [6.45, 7) is 2.88. The first-order valence-electron chi connectivity index (χ1n) is 12.2. The first kappa shape index (κ1) is 30.6. The molecule has 206 valence electrons. The van der Waals surface area contributed by atoms with Crippen molar-refractivity contribution < 1.29 is 32.6 Å². The Labute approximate surface area is 220 Å². The van der Waals surface area contributed by atoms with Crippen molar-refractivity contribution in [1.29, 1.82) is 5.26 Å². The number of likely N-dealkylation sites (N-methyl/N-ethyl adjacent to an activating group) is 1. The third kappa shape index (κ3) is 8.46. The number of nitriles is 1. The van der Waals surface area contributed by atoms with Gasteiger partial charge in [0, 0.05) is 20.7 Å². The molecular formula is C27H33F3N4O4. The minimum atomic E-state index is -1.05. The van der Waals surface area contributed by atoms with Gasteiger partial charge >= 0.3 is 6.03 Å². The summed E-state index contributed by atoms with van der Waals surface area (Å²) in [7, 11) is 2.49. The van der Waals surface area contributed by atoms with E-state index in [1.807, 2.05) is 0 Å². The monoisotopic (exact) mass is 534 g/mol. The van der Waals surface area contributed by atoms with Gasteiger partial charge in [-0.05, 0) is 80.2 Å². The van der Waals surface area contributed by atoms with Crippen LogP contribution in [-0.4, -0.2) is 74.4 Å². The van der Waals surface area contributed by atoms with E-state index in [0.717, 1.165) is 57.3 Å². The number of rotatable bonds is 10. The summed E-state index contributed by atoms with van der Waals surface area (Å²) in [4.78, 5) is 26.9. The van der Waals surface area contributed by atoms with Crippen LogP contribution in [0.3, 0.4) is 0 Å². The van der Waals surface area contributed by atoms with Crippen molar-refractivity contribution in [1.82, 2.24) is 15.1 Å². The van der Waals surface area contributed by atoms with Crippen LogP contribution in [0.15, 0.2) is 36.4 Å². The number of nitrogens with zero attached hydrogens (tertiary/aromatic N) is 3. The van der Waals surface area contributed by atoms with E-state index in [0.29, 0.717) is 24.1 Å². The summed E-state index contributed by atoms with van der Waals surface area (Å²) in [5.74, 6) is -2.25. The first-order chi connectivity index (χ1) is 18.3. The summed E-state index contributed by atoms with van der Waals surface area (Å²) >= 11 is 0. The van der Waals surface area contributed by atoms with Crippen LogP contribution in [0, 0.1) is 28.8 Å². The van der Waals surface area contributed by atoms with E-state index in [1.165, 1.54) is 30.1 Å². The quantitative estimate of drug-likeness (QED) is 0.356. The molecule has 2 N–H and O–H groups in total. The van der Waals surface area contributed by atoms with Crippen molar-refractivity contribution in [2.75, 3.05) is 46.9 Å². The van der Waals surface area contributed by atoms with Crippen molar-refractivity contribution in [3.8, 4) is 6.07 Å². The number of amides is 2. The molecule has 1 fully saturated rings. The number of hydrogen-bond acceptors (Lipinski definition) is 6. The topological polar surface area (TPSA) is 106 Å². The van der Waals surface area contributed by atoms with Gasteiger partial charge < -0.3 is 25.0 Å². The first-order valence-corrected chi connectivity index (χ1v) is 12.2. The molecule has 0 spiro atoms. The zero-order valence-corrected chi connectivity index (χ0v) is 21.5. The number of aliphatic hydroxyl groups excluding tert-OH is 1. The normalized spacial score (nSPS) is 14.4. The molecule has 0 radical (unpaired) electrons. The van der Waals surface area contributed by atoms with E-state index in [-0.39, 0.29) is 19.0 Å². The number of carbonyl (C=O) groups is 2. The second-order valence-electron chi connectivity index (χ2n) is 8.77. The highest BCUT2D eigenvalue weighted by atomic mass is 19.2. The Kier molecular flexibility index (Phi) is 12.6. The van der Waals surface area contributed by atoms with Crippen LogP contribution in [0.25, 0.3) is 0 Å². The van der Waals surface area contributed by atoms with E-state index in [4.69, 9.17) is 9.84 Å². The fourth-order valence-electron chi connectivity index (χ4n) is 4.49. The third-order valence-corrected chi connectivity index (χ3v) is 6.53. The molecule has 2 aromatic rings. The molecule has 3 rings (SSSR count). The molecule has 0 bridgehead atoms. The van der Waals surface area contributed by atoms with Crippen molar-refractivity contribution >= 4 is 12.5 Å². The Balaban J connectivity index is 0.00000247. The van der Waals surface area contributed by atoms with Gasteiger partial charge in [0.2, 0.25) is 0 Å². The Morgan fingerprint density at radius 1 is 1.21 bits per heavy atom. The minimum Gasteiger partial charge on any atom is -0.465 e. The summed E-state index contributed by atoms with van der Waals surface area (Å²) in [6, 6.07) is 8.53. The van der Waals surface area contributed by atoms with Crippen molar-refractivity contribution in [2.45, 2.75) is 31.2 Å². The third-order valence-electron chi connectivity index (χ3n) is 6.53. The molecular weight excluding hydrogens is 501 g/mol. The molecule has 1 saturated heterocycles. The average Bonchev–Trinajstić information content (AvgIpc) is 2.94. The average molecular weight is 535 g/mol. The molecule has 1 aliphatic rings. The van der Waals surface area contributed by atoms with Crippen LogP contribution < -0.4 is 5.32 Å². The Morgan fingerprint density at radius 2 is 1.92 bits per heavy atom. The molecule has 2 amide bonds. The molecule has 38 heavy (non-hydrogen) atoms. The lowest BCUT2D eigenvalue weighted by Crippen LogP contribution is -2.42. The maximum Gasteiger partial charge on any atom is 0.317 e. The summed E-state index contributed by atoms with van der Waals surface area (Å²) in [5.41, 5.74) is 1.58. The van der Waals surface area contributed by atoms with Gasteiger partial charge in [0.25, 0.3) is 6.47 Å². The van der Waals surface area contributed by atoms with E-state index in [9.17, 15) is 28.0 Å². The van der Waals surface area contributed by atoms with E-state index < -0.39 is 29.5 Å². The molecule has 1 atom stereocenters. The van der Waals surface area contributed by atoms with Crippen molar-refractivity contribution in [3.63, 3.8) is 0 Å². The molecule has 1 unspecified atom stereocenters. The lowest BCUT2D eigenvalue weighted by molar-refractivity contribution is -0.130. The summed E-state index contributed by atoms with van der Waals surface area (Å²) in [6.07, 6.45) is 2.43. The highest BCUT2D eigenvalue weighted by molar-refractivity contribution is 5.74. The second kappa shape index (κ2) is 15.6. The van der Waals surface area contributed by atoms with Crippen LogP contribution in [0.1, 0.15) is 47.9 Å². The van der Waals surface area contributed by atoms with E-state index in [1.54, 1.807) is 6.07 Å². The number of halogens is 3. The van der Waals surface area contributed by atoms with Crippen LogP contribution in [-0.2, 0) is 9.53 Å². The van der Waals surface area contributed by atoms with Crippen LogP contribution >= 0.6 is 0 Å². The standard InChI is InChI=1S/C26H29F3N4O3.CH4O/c1-32(25(16-36-17-34)19-3-6-23(28)24(29)14-19)26(35)31-9-2-10-33-11-7-18(8-12-33)22-5-4-21(27)13-20(22)15-30;1-2/h3-6,13-14,17-18,25H,2,7-12,16H2,1H3,(H,31,35);2H,1H3. The number of carbonyl (C=O) groups excluding carboxylic acids is 2. The summed E-state index contributed by atoms with van der Waals surface area (Å²) < 4.78 is 45.2. The number of benzene rings is 2. The molecule has 8 nitrogen and oxygen atoms in total.